The van der Waals surface area contributed by atoms with E-state index in [1.807, 2.05) is 0 Å². The van der Waals surface area contributed by atoms with Crippen LogP contribution in [0.2, 0.25) is 0 Å². The maximum absolute atomic E-state index is 13.6. The molecule has 2 rings (SSSR count). The summed E-state index contributed by atoms with van der Waals surface area (Å²) in [6.07, 6.45) is -2.75. The molecule has 0 aromatic heterocycles. The summed E-state index contributed by atoms with van der Waals surface area (Å²) < 4.78 is 75.5. The molecule has 0 radical (unpaired) electrons. The molecule has 0 aliphatic carbocycles. The SMILES string of the molecule is CC(/C=C/S(C)(=O)=O)NC(=O)N1CC[C@@H](C(F)(F)F)C[C@H]1c1cccc(F)c1. The highest BCUT2D eigenvalue weighted by atomic mass is 32.2. The Kier molecular flexibility index (Phi) is 6.74. The van der Waals surface area contributed by atoms with E-state index in [0.717, 1.165) is 17.7 Å². The van der Waals surface area contributed by atoms with Gasteiger partial charge in [0.15, 0.2) is 9.84 Å². The van der Waals surface area contributed by atoms with Crippen LogP contribution in [0.15, 0.2) is 35.7 Å². The number of hydrogen-bond acceptors (Lipinski definition) is 3. The molecule has 3 atom stereocenters. The summed E-state index contributed by atoms with van der Waals surface area (Å²) in [5, 5.41) is 3.49. The van der Waals surface area contributed by atoms with Crippen LogP contribution in [0, 0.1) is 11.7 Å². The van der Waals surface area contributed by atoms with Gasteiger partial charge in [0.25, 0.3) is 0 Å². The van der Waals surface area contributed by atoms with Crippen LogP contribution in [-0.4, -0.2) is 44.4 Å². The molecule has 0 saturated carbocycles. The third kappa shape index (κ3) is 6.22. The number of nitrogens with one attached hydrogen (secondary N) is 1. The largest absolute Gasteiger partial charge is 0.391 e. The molecular formula is C18H22F4N2O3S. The molecule has 1 aliphatic rings. The van der Waals surface area contributed by atoms with Crippen molar-refractivity contribution in [2.75, 3.05) is 12.8 Å². The highest BCUT2D eigenvalue weighted by Gasteiger charge is 2.45. The van der Waals surface area contributed by atoms with Gasteiger partial charge in [0.1, 0.15) is 5.82 Å². The normalized spacial score (nSPS) is 22.3. The summed E-state index contributed by atoms with van der Waals surface area (Å²) in [5.74, 6) is -2.19. The van der Waals surface area contributed by atoms with Gasteiger partial charge in [0, 0.05) is 24.3 Å². The fourth-order valence-corrected chi connectivity index (χ4v) is 3.64. The number of carbonyl (C=O) groups is 1. The highest BCUT2D eigenvalue weighted by Crippen LogP contribution is 2.42. The van der Waals surface area contributed by atoms with E-state index in [0.29, 0.717) is 0 Å². The molecule has 1 aromatic rings. The maximum Gasteiger partial charge on any atom is 0.391 e. The number of benzene rings is 1. The van der Waals surface area contributed by atoms with Gasteiger partial charge in [-0.1, -0.05) is 18.2 Å². The van der Waals surface area contributed by atoms with Crippen molar-refractivity contribution < 1.29 is 30.8 Å². The van der Waals surface area contributed by atoms with Crippen molar-refractivity contribution in [3.8, 4) is 0 Å². The van der Waals surface area contributed by atoms with Gasteiger partial charge in [-0.15, -0.1) is 0 Å². The van der Waals surface area contributed by atoms with Gasteiger partial charge >= 0.3 is 12.2 Å². The highest BCUT2D eigenvalue weighted by molar-refractivity contribution is 7.93. The third-order valence-electron chi connectivity index (χ3n) is 4.53. The van der Waals surface area contributed by atoms with Crippen LogP contribution in [0.3, 0.4) is 0 Å². The number of likely N-dealkylation sites (tertiary alicyclic amines) is 1. The van der Waals surface area contributed by atoms with E-state index in [1.54, 1.807) is 6.92 Å². The summed E-state index contributed by atoms with van der Waals surface area (Å²) in [6, 6.07) is 2.93. The topological polar surface area (TPSA) is 66.5 Å². The number of amides is 2. The molecule has 10 heteroatoms. The monoisotopic (exact) mass is 422 g/mol. The molecule has 1 aliphatic heterocycles. The van der Waals surface area contributed by atoms with E-state index in [9.17, 15) is 30.8 Å². The number of piperidine rings is 1. The molecule has 1 unspecified atom stereocenters. The molecule has 2 amide bonds. The third-order valence-corrected chi connectivity index (χ3v) is 5.18. The molecule has 0 spiro atoms. The first-order chi connectivity index (χ1) is 12.9. The van der Waals surface area contributed by atoms with Crippen molar-refractivity contribution >= 4 is 15.9 Å². The van der Waals surface area contributed by atoms with Crippen molar-refractivity contribution in [3.05, 3.63) is 47.1 Å². The van der Waals surface area contributed by atoms with Gasteiger partial charge in [-0.3, -0.25) is 0 Å². The van der Waals surface area contributed by atoms with Crippen molar-refractivity contribution in [1.82, 2.24) is 10.2 Å². The second kappa shape index (κ2) is 8.50. The van der Waals surface area contributed by atoms with Crippen LogP contribution < -0.4 is 5.32 Å². The van der Waals surface area contributed by atoms with E-state index < -0.39 is 45.9 Å². The van der Waals surface area contributed by atoms with Gasteiger partial charge in [0.05, 0.1) is 12.0 Å². The Labute approximate surface area is 161 Å². The predicted molar refractivity (Wildman–Crippen MR) is 96.6 cm³/mol. The maximum atomic E-state index is 13.6. The van der Waals surface area contributed by atoms with Crippen LogP contribution in [-0.2, 0) is 9.84 Å². The molecule has 1 fully saturated rings. The van der Waals surface area contributed by atoms with E-state index in [-0.39, 0.29) is 24.9 Å². The molecule has 1 heterocycles. The average molecular weight is 422 g/mol. The average Bonchev–Trinajstić information content (AvgIpc) is 2.58. The van der Waals surface area contributed by atoms with E-state index in [1.165, 1.54) is 29.2 Å². The lowest BCUT2D eigenvalue weighted by molar-refractivity contribution is -0.188. The summed E-state index contributed by atoms with van der Waals surface area (Å²) in [7, 11) is -3.37. The van der Waals surface area contributed by atoms with Gasteiger partial charge in [-0.25, -0.2) is 17.6 Å². The Morgan fingerprint density at radius 2 is 2.04 bits per heavy atom. The van der Waals surface area contributed by atoms with Crippen LogP contribution in [0.25, 0.3) is 0 Å². The second-order valence-electron chi connectivity index (χ2n) is 6.92. The number of nitrogens with zero attached hydrogens (tertiary/aromatic N) is 1. The zero-order valence-corrected chi connectivity index (χ0v) is 16.2. The number of carbonyl (C=O) groups excluding carboxylic acids is 1. The molecule has 5 nitrogen and oxygen atoms in total. The molecule has 0 bridgehead atoms. The van der Waals surface area contributed by atoms with Crippen molar-refractivity contribution in [2.24, 2.45) is 5.92 Å². The number of rotatable bonds is 4. The summed E-state index contributed by atoms with van der Waals surface area (Å²) in [6.45, 7) is 1.39. The number of halogens is 4. The Morgan fingerprint density at radius 3 is 2.61 bits per heavy atom. The van der Waals surface area contributed by atoms with Crippen LogP contribution >= 0.6 is 0 Å². The smallest absolute Gasteiger partial charge is 0.332 e. The summed E-state index contributed by atoms with van der Waals surface area (Å²) in [5.41, 5.74) is 0.281. The lowest BCUT2D eigenvalue weighted by Gasteiger charge is -2.40. The van der Waals surface area contributed by atoms with E-state index in [4.69, 9.17) is 0 Å². The fourth-order valence-electron chi connectivity index (χ4n) is 3.12. The Hall–Kier alpha value is -2.10. The minimum absolute atomic E-state index is 0.153. The van der Waals surface area contributed by atoms with Crippen molar-refractivity contribution in [2.45, 2.75) is 38.0 Å². The van der Waals surface area contributed by atoms with Crippen molar-refractivity contribution in [3.63, 3.8) is 0 Å². The minimum Gasteiger partial charge on any atom is -0.332 e. The summed E-state index contributed by atoms with van der Waals surface area (Å²) in [4.78, 5) is 13.9. The lowest BCUT2D eigenvalue weighted by Crippen LogP contribution is -2.49. The second-order valence-corrected chi connectivity index (χ2v) is 8.85. The molecule has 28 heavy (non-hydrogen) atoms. The molecule has 156 valence electrons. The first kappa shape index (κ1) is 22.2. The minimum atomic E-state index is -4.40. The van der Waals surface area contributed by atoms with Gasteiger partial charge < -0.3 is 10.2 Å². The molecule has 1 aromatic carbocycles. The lowest BCUT2D eigenvalue weighted by atomic mass is 9.87. The zero-order chi connectivity index (χ0) is 21.1. The number of urea groups is 1. The number of sulfone groups is 1. The van der Waals surface area contributed by atoms with Crippen LogP contribution in [0.4, 0.5) is 22.4 Å². The first-order valence-corrected chi connectivity index (χ1v) is 10.6. The van der Waals surface area contributed by atoms with Gasteiger partial charge in [0.2, 0.25) is 0 Å². The predicted octanol–water partition coefficient (Wildman–Crippen LogP) is 3.80. The number of hydrogen-bond donors (Lipinski definition) is 1. The van der Waals surface area contributed by atoms with E-state index in [2.05, 4.69) is 5.32 Å². The Morgan fingerprint density at radius 1 is 1.36 bits per heavy atom. The number of alkyl halides is 3. The zero-order valence-electron chi connectivity index (χ0n) is 15.4. The van der Waals surface area contributed by atoms with Gasteiger partial charge in [-0.2, -0.15) is 13.2 Å². The molecule has 1 saturated heterocycles. The van der Waals surface area contributed by atoms with Crippen molar-refractivity contribution in [1.29, 1.82) is 0 Å². The standard InChI is InChI=1S/C18H22F4N2O3S/c1-12(7-9-28(2,26)27)23-17(25)24-8-6-14(18(20,21)22)11-16(24)13-4-3-5-15(19)10-13/h3-5,7,9-10,12,14,16H,6,8,11H2,1-2H3,(H,23,25)/b9-7+/t12?,14-,16+/m1/s1. The Balaban J connectivity index is 2.22. The van der Waals surface area contributed by atoms with E-state index >= 15 is 0 Å². The van der Waals surface area contributed by atoms with Crippen LogP contribution in [0.1, 0.15) is 31.4 Å². The summed E-state index contributed by atoms with van der Waals surface area (Å²) >= 11 is 0. The fraction of sp³-hybridized carbons (Fsp3) is 0.500. The quantitative estimate of drug-likeness (QED) is 0.751. The Bertz CT molecular complexity index is 839. The first-order valence-electron chi connectivity index (χ1n) is 8.64. The van der Waals surface area contributed by atoms with Gasteiger partial charge in [-0.05, 0) is 37.5 Å². The molecule has 1 N–H and O–H groups in total. The van der Waals surface area contributed by atoms with Crippen LogP contribution in [0.5, 0.6) is 0 Å². The molecular weight excluding hydrogens is 400 g/mol.